The first-order valence-electron chi connectivity index (χ1n) is 3.86. The summed E-state index contributed by atoms with van der Waals surface area (Å²) < 4.78 is 3.72. The molecule has 0 bridgehead atoms. The van der Waals surface area contributed by atoms with E-state index in [9.17, 15) is 9.90 Å². The monoisotopic (exact) mass is 205 g/mol. The van der Waals surface area contributed by atoms with Crippen LogP contribution in [0.2, 0.25) is 0 Å². The second-order valence-electron chi connectivity index (χ2n) is 2.65. The highest BCUT2D eigenvalue weighted by atomic mass is 32.1. The fourth-order valence-electron chi connectivity index (χ4n) is 1.07. The van der Waals surface area contributed by atoms with Crippen LogP contribution in [-0.2, 0) is 0 Å². The molecule has 0 aliphatic rings. The molecule has 1 aromatic carbocycles. The number of carbonyl (C=O) groups excluding carboxylic acids is 1. The Hall–Kier alpha value is -1.75. The third kappa shape index (κ3) is 1.62. The summed E-state index contributed by atoms with van der Waals surface area (Å²) in [6.45, 7) is 0. The molecule has 1 aromatic heterocycles. The molecule has 0 amide bonds. The van der Waals surface area contributed by atoms with Crippen molar-refractivity contribution in [2.75, 3.05) is 0 Å². The highest BCUT2D eigenvalue weighted by Crippen LogP contribution is 2.17. The van der Waals surface area contributed by atoms with Crippen molar-refractivity contribution in [2.24, 2.45) is 0 Å². The molecule has 14 heavy (non-hydrogen) atoms. The van der Waals surface area contributed by atoms with Gasteiger partial charge in [-0.15, -0.1) is 5.10 Å². The van der Waals surface area contributed by atoms with Gasteiger partial charge in [0.15, 0.2) is 0 Å². The summed E-state index contributed by atoms with van der Waals surface area (Å²) >= 11 is 1.26. The van der Waals surface area contributed by atoms with Gasteiger partial charge in [0.1, 0.15) is 5.69 Å². The Labute approximate surface area is 84.0 Å². The molecule has 0 fully saturated rings. The molecular weight excluding hydrogens is 200 g/mol. The molecule has 0 N–H and O–H groups in total. The molecule has 4 nitrogen and oxygen atoms in total. The van der Waals surface area contributed by atoms with E-state index < -0.39 is 5.97 Å². The predicted molar refractivity (Wildman–Crippen MR) is 49.7 cm³/mol. The van der Waals surface area contributed by atoms with Crippen LogP contribution in [0.25, 0.3) is 11.3 Å². The van der Waals surface area contributed by atoms with Gasteiger partial charge in [0.2, 0.25) is 0 Å². The van der Waals surface area contributed by atoms with E-state index in [0.29, 0.717) is 0 Å². The zero-order chi connectivity index (χ0) is 9.97. The lowest BCUT2D eigenvalue weighted by molar-refractivity contribution is -0.255. The maximum atomic E-state index is 10.5. The van der Waals surface area contributed by atoms with Gasteiger partial charge in [0, 0.05) is 10.9 Å². The minimum atomic E-state index is -1.17. The van der Waals surface area contributed by atoms with Crippen molar-refractivity contribution < 1.29 is 9.90 Å². The van der Waals surface area contributed by atoms with Crippen molar-refractivity contribution >= 4 is 17.5 Å². The number of hydrogen-bond acceptors (Lipinski definition) is 5. The van der Waals surface area contributed by atoms with Crippen molar-refractivity contribution in [3.8, 4) is 11.3 Å². The SMILES string of the molecule is O=C([O-])c1ccc(-c2csnn2)cc1. The normalized spacial score (nSPS) is 10.0. The molecule has 0 spiro atoms. The molecule has 0 aliphatic heterocycles. The summed E-state index contributed by atoms with van der Waals surface area (Å²) in [7, 11) is 0. The van der Waals surface area contributed by atoms with Crippen LogP contribution < -0.4 is 5.11 Å². The molecule has 70 valence electrons. The molecule has 0 atom stereocenters. The van der Waals surface area contributed by atoms with Crippen molar-refractivity contribution in [3.05, 3.63) is 35.2 Å². The van der Waals surface area contributed by atoms with E-state index in [1.54, 1.807) is 17.5 Å². The van der Waals surface area contributed by atoms with Crippen molar-refractivity contribution in [1.82, 2.24) is 9.59 Å². The Morgan fingerprint density at radius 3 is 2.50 bits per heavy atom. The lowest BCUT2D eigenvalue weighted by Crippen LogP contribution is -2.21. The maximum absolute atomic E-state index is 10.5. The van der Waals surface area contributed by atoms with E-state index in [2.05, 4.69) is 9.59 Å². The fourth-order valence-corrected chi connectivity index (χ4v) is 1.53. The van der Waals surface area contributed by atoms with E-state index in [1.165, 1.54) is 23.7 Å². The molecule has 5 heteroatoms. The molecule has 0 saturated heterocycles. The van der Waals surface area contributed by atoms with Gasteiger partial charge in [0.05, 0.1) is 5.97 Å². The standard InChI is InChI=1S/C9H6N2O2S/c12-9(13)7-3-1-6(2-4-7)8-5-14-11-10-8/h1-5H,(H,12,13)/p-1. The molecule has 0 unspecified atom stereocenters. The Balaban J connectivity index is 2.36. The Morgan fingerprint density at radius 1 is 1.29 bits per heavy atom. The summed E-state index contributed by atoms with van der Waals surface area (Å²) in [6.07, 6.45) is 0. The van der Waals surface area contributed by atoms with Crippen LogP contribution in [0.4, 0.5) is 0 Å². The average molecular weight is 205 g/mol. The Morgan fingerprint density at radius 2 is 2.00 bits per heavy atom. The van der Waals surface area contributed by atoms with Crippen LogP contribution in [0.15, 0.2) is 29.6 Å². The van der Waals surface area contributed by atoms with Gasteiger partial charge < -0.3 is 9.90 Å². The zero-order valence-corrected chi connectivity index (χ0v) is 7.82. The van der Waals surface area contributed by atoms with Gasteiger partial charge in [-0.2, -0.15) is 0 Å². The van der Waals surface area contributed by atoms with Crippen molar-refractivity contribution in [1.29, 1.82) is 0 Å². The second-order valence-corrected chi connectivity index (χ2v) is 3.26. The van der Waals surface area contributed by atoms with Crippen LogP contribution in [0.1, 0.15) is 10.4 Å². The van der Waals surface area contributed by atoms with E-state index in [-0.39, 0.29) is 5.56 Å². The number of benzene rings is 1. The molecule has 2 rings (SSSR count). The largest absolute Gasteiger partial charge is 0.545 e. The summed E-state index contributed by atoms with van der Waals surface area (Å²) in [4.78, 5) is 10.5. The molecular formula is C9H5N2O2S-. The second kappa shape index (κ2) is 3.55. The average Bonchev–Trinajstić information content (AvgIpc) is 2.71. The molecule has 2 aromatic rings. The first-order valence-corrected chi connectivity index (χ1v) is 4.70. The number of aromatic nitrogens is 2. The van der Waals surface area contributed by atoms with Gasteiger partial charge in [-0.1, -0.05) is 28.8 Å². The van der Waals surface area contributed by atoms with E-state index >= 15 is 0 Å². The summed E-state index contributed by atoms with van der Waals surface area (Å²) in [5.74, 6) is -1.17. The van der Waals surface area contributed by atoms with Crippen LogP contribution in [0, 0.1) is 0 Å². The number of carboxylic acids is 1. The summed E-state index contributed by atoms with van der Waals surface area (Å²) in [5.41, 5.74) is 1.76. The molecule has 1 heterocycles. The number of hydrogen-bond donors (Lipinski definition) is 0. The number of carbonyl (C=O) groups is 1. The van der Waals surface area contributed by atoms with Gasteiger partial charge >= 0.3 is 0 Å². The topological polar surface area (TPSA) is 65.9 Å². The third-order valence-electron chi connectivity index (χ3n) is 1.78. The van der Waals surface area contributed by atoms with Crippen LogP contribution in [0.3, 0.4) is 0 Å². The van der Waals surface area contributed by atoms with Gasteiger partial charge in [-0.05, 0) is 17.1 Å². The number of rotatable bonds is 2. The highest BCUT2D eigenvalue weighted by Gasteiger charge is 2.00. The predicted octanol–water partition coefficient (Wildman–Crippen LogP) is 0.569. The summed E-state index contributed by atoms with van der Waals surface area (Å²) in [5, 5.41) is 16.1. The molecule has 0 radical (unpaired) electrons. The van der Waals surface area contributed by atoms with Crippen LogP contribution in [0.5, 0.6) is 0 Å². The van der Waals surface area contributed by atoms with Crippen LogP contribution >= 0.6 is 11.5 Å². The minimum absolute atomic E-state index is 0.164. The van der Waals surface area contributed by atoms with Crippen molar-refractivity contribution in [3.63, 3.8) is 0 Å². The molecule has 0 saturated carbocycles. The van der Waals surface area contributed by atoms with Gasteiger partial charge in [-0.3, -0.25) is 0 Å². The van der Waals surface area contributed by atoms with Gasteiger partial charge in [0.25, 0.3) is 0 Å². The summed E-state index contributed by atoms with van der Waals surface area (Å²) in [6, 6.07) is 6.34. The van der Waals surface area contributed by atoms with Crippen molar-refractivity contribution in [2.45, 2.75) is 0 Å². The zero-order valence-electron chi connectivity index (χ0n) is 7.01. The fraction of sp³-hybridized carbons (Fsp3) is 0. The first kappa shape index (κ1) is 8.83. The Kier molecular flexibility index (Phi) is 2.24. The van der Waals surface area contributed by atoms with Crippen LogP contribution in [-0.4, -0.2) is 15.6 Å². The smallest absolute Gasteiger partial charge is 0.105 e. The highest BCUT2D eigenvalue weighted by molar-refractivity contribution is 7.03. The van der Waals surface area contributed by atoms with Gasteiger partial charge in [-0.25, -0.2) is 0 Å². The number of aromatic carboxylic acids is 1. The quantitative estimate of drug-likeness (QED) is 0.718. The first-order chi connectivity index (χ1) is 6.77. The van der Waals surface area contributed by atoms with E-state index in [1.807, 2.05) is 0 Å². The number of nitrogens with zero attached hydrogens (tertiary/aromatic N) is 2. The van der Waals surface area contributed by atoms with E-state index in [0.717, 1.165) is 11.3 Å². The lowest BCUT2D eigenvalue weighted by Gasteiger charge is -2.01. The lowest BCUT2D eigenvalue weighted by atomic mass is 10.1. The Bertz CT molecular complexity index is 436. The minimum Gasteiger partial charge on any atom is -0.545 e. The third-order valence-corrected chi connectivity index (χ3v) is 2.28. The molecule has 0 aliphatic carbocycles. The number of carboxylic acid groups (broad SMARTS) is 1. The maximum Gasteiger partial charge on any atom is 0.105 e. The van der Waals surface area contributed by atoms with E-state index in [4.69, 9.17) is 0 Å².